The Morgan fingerprint density at radius 3 is 2.71 bits per heavy atom. The van der Waals surface area contributed by atoms with Gasteiger partial charge in [-0.15, -0.1) is 0 Å². The fourth-order valence-electron chi connectivity index (χ4n) is 2.04. The maximum atomic E-state index is 11.8. The number of anilines is 2. The number of fused-ring (bicyclic) bond motifs is 1. The third-order valence-electron chi connectivity index (χ3n) is 3.20. The van der Waals surface area contributed by atoms with Gasteiger partial charge in [-0.1, -0.05) is 30.3 Å². The van der Waals surface area contributed by atoms with Crippen LogP contribution >= 0.6 is 0 Å². The molecule has 1 amide bonds. The Morgan fingerprint density at radius 2 is 1.92 bits per heavy atom. The second kappa shape index (κ2) is 6.69. The van der Waals surface area contributed by atoms with Crippen LogP contribution in [0.5, 0.6) is 0 Å². The van der Waals surface area contributed by atoms with E-state index in [2.05, 4.69) is 25.3 Å². The Morgan fingerprint density at radius 1 is 1.12 bits per heavy atom. The van der Waals surface area contributed by atoms with Crippen LogP contribution < -0.4 is 16.8 Å². The summed E-state index contributed by atoms with van der Waals surface area (Å²) in [7, 11) is 0. The molecule has 0 spiro atoms. The molecule has 0 aliphatic rings. The third kappa shape index (κ3) is 3.61. The van der Waals surface area contributed by atoms with E-state index < -0.39 is 0 Å². The van der Waals surface area contributed by atoms with Crippen LogP contribution in [0, 0.1) is 0 Å². The van der Waals surface area contributed by atoms with Crippen molar-refractivity contribution in [2.75, 3.05) is 11.5 Å². The predicted molar refractivity (Wildman–Crippen MR) is 91.3 cm³/mol. The number of hydrogen-bond acceptors (Lipinski definition) is 7. The van der Waals surface area contributed by atoms with Crippen LogP contribution in [0.2, 0.25) is 0 Å². The molecule has 8 nitrogen and oxygen atoms in total. The number of rotatable bonds is 4. The van der Waals surface area contributed by atoms with Gasteiger partial charge >= 0.3 is 0 Å². The van der Waals surface area contributed by atoms with Gasteiger partial charge in [0.2, 0.25) is 11.9 Å². The number of aromatic nitrogens is 4. The molecule has 24 heavy (non-hydrogen) atoms. The molecule has 0 bridgehead atoms. The van der Waals surface area contributed by atoms with Crippen LogP contribution in [-0.4, -0.2) is 25.8 Å². The maximum absolute atomic E-state index is 11.8. The SMILES string of the molecule is Nc1nc(N)c2cnc(CNC(=O)C=Cc3ccccc3)nc2n1. The summed E-state index contributed by atoms with van der Waals surface area (Å²) in [6, 6.07) is 9.53. The summed E-state index contributed by atoms with van der Waals surface area (Å²) in [5, 5.41) is 3.22. The summed E-state index contributed by atoms with van der Waals surface area (Å²) in [6.45, 7) is 0.164. The average Bonchev–Trinajstić information content (AvgIpc) is 2.58. The van der Waals surface area contributed by atoms with Gasteiger partial charge in [-0.2, -0.15) is 9.97 Å². The van der Waals surface area contributed by atoms with Gasteiger partial charge in [-0.05, 0) is 11.6 Å². The smallest absolute Gasteiger partial charge is 0.244 e. The van der Waals surface area contributed by atoms with Gasteiger partial charge in [-0.25, -0.2) is 9.97 Å². The van der Waals surface area contributed by atoms with Crippen LogP contribution in [-0.2, 0) is 11.3 Å². The van der Waals surface area contributed by atoms with Crippen LogP contribution in [0.4, 0.5) is 11.8 Å². The highest BCUT2D eigenvalue weighted by Crippen LogP contribution is 2.15. The average molecular weight is 321 g/mol. The van der Waals surface area contributed by atoms with Crippen molar-refractivity contribution in [3.8, 4) is 0 Å². The lowest BCUT2D eigenvalue weighted by molar-refractivity contribution is -0.116. The molecule has 0 aliphatic heterocycles. The van der Waals surface area contributed by atoms with E-state index in [0.717, 1.165) is 5.56 Å². The lowest BCUT2D eigenvalue weighted by Crippen LogP contribution is -2.21. The van der Waals surface area contributed by atoms with Crippen molar-refractivity contribution in [3.05, 3.63) is 54.0 Å². The number of benzene rings is 1. The Balaban J connectivity index is 1.67. The maximum Gasteiger partial charge on any atom is 0.244 e. The van der Waals surface area contributed by atoms with E-state index in [-0.39, 0.29) is 24.2 Å². The van der Waals surface area contributed by atoms with Crippen molar-refractivity contribution in [3.63, 3.8) is 0 Å². The first-order valence-corrected chi connectivity index (χ1v) is 7.17. The van der Waals surface area contributed by atoms with E-state index in [4.69, 9.17) is 11.5 Å². The van der Waals surface area contributed by atoms with Crippen molar-refractivity contribution in [1.29, 1.82) is 0 Å². The minimum atomic E-state index is -0.246. The highest BCUT2D eigenvalue weighted by molar-refractivity contribution is 5.91. The molecule has 3 aromatic rings. The lowest BCUT2D eigenvalue weighted by Gasteiger charge is -2.04. The fraction of sp³-hybridized carbons (Fsp3) is 0.0625. The molecule has 0 aliphatic carbocycles. The van der Waals surface area contributed by atoms with Crippen molar-refractivity contribution in [1.82, 2.24) is 25.3 Å². The molecule has 0 fully saturated rings. The second-order valence-corrected chi connectivity index (χ2v) is 4.95. The molecule has 5 N–H and O–H groups in total. The van der Waals surface area contributed by atoms with E-state index in [1.807, 2.05) is 30.3 Å². The number of carbonyl (C=O) groups is 1. The zero-order valence-electron chi connectivity index (χ0n) is 12.7. The molecule has 0 saturated heterocycles. The number of nitrogens with one attached hydrogen (secondary N) is 1. The molecule has 2 aromatic heterocycles. The predicted octanol–water partition coefficient (Wildman–Crippen LogP) is 0.914. The first-order valence-electron chi connectivity index (χ1n) is 7.17. The van der Waals surface area contributed by atoms with Gasteiger partial charge in [-0.3, -0.25) is 4.79 Å². The van der Waals surface area contributed by atoms with E-state index in [9.17, 15) is 4.79 Å². The first kappa shape index (κ1) is 15.3. The summed E-state index contributed by atoms with van der Waals surface area (Å²) in [4.78, 5) is 28.1. The monoisotopic (exact) mass is 321 g/mol. The Kier molecular flexibility index (Phi) is 4.28. The van der Waals surface area contributed by atoms with Crippen LogP contribution in [0.15, 0.2) is 42.6 Å². The summed E-state index contributed by atoms with van der Waals surface area (Å²) in [5.41, 5.74) is 12.6. The summed E-state index contributed by atoms with van der Waals surface area (Å²) >= 11 is 0. The molecule has 0 unspecified atom stereocenters. The van der Waals surface area contributed by atoms with Crippen molar-refractivity contribution in [2.45, 2.75) is 6.54 Å². The second-order valence-electron chi connectivity index (χ2n) is 4.95. The molecule has 3 rings (SSSR count). The summed E-state index contributed by atoms with van der Waals surface area (Å²) in [5.74, 6) is 0.420. The number of nitrogen functional groups attached to an aromatic ring is 2. The largest absolute Gasteiger partial charge is 0.383 e. The number of nitrogens with two attached hydrogens (primary N) is 2. The van der Waals surface area contributed by atoms with Gasteiger partial charge in [0, 0.05) is 12.3 Å². The van der Waals surface area contributed by atoms with Crippen molar-refractivity contribution < 1.29 is 4.79 Å². The zero-order chi connectivity index (χ0) is 16.9. The standard InChI is InChI=1S/C16H15N7O/c17-14-11-8-19-12(21-15(11)23-16(18)22-14)9-20-13(24)7-6-10-4-2-1-3-5-10/h1-8H,9H2,(H,20,24)(H4,17,18,19,21,22,23). The summed E-state index contributed by atoms with van der Waals surface area (Å²) < 4.78 is 0. The van der Waals surface area contributed by atoms with E-state index in [1.54, 1.807) is 6.08 Å². The number of hydrogen-bond donors (Lipinski definition) is 3. The summed E-state index contributed by atoms with van der Waals surface area (Å²) in [6.07, 6.45) is 4.69. The molecule has 120 valence electrons. The van der Waals surface area contributed by atoms with Gasteiger partial charge in [0.05, 0.1) is 11.9 Å². The van der Waals surface area contributed by atoms with Crippen LogP contribution in [0.25, 0.3) is 17.1 Å². The normalized spacial score (nSPS) is 11.0. The molecule has 1 aromatic carbocycles. The quantitative estimate of drug-likeness (QED) is 0.608. The van der Waals surface area contributed by atoms with E-state index >= 15 is 0 Å². The number of amides is 1. The highest BCUT2D eigenvalue weighted by Gasteiger charge is 2.07. The Hall–Kier alpha value is -3.55. The van der Waals surface area contributed by atoms with Gasteiger partial charge < -0.3 is 16.8 Å². The molecule has 0 radical (unpaired) electrons. The van der Waals surface area contributed by atoms with Gasteiger partial charge in [0.15, 0.2) is 5.65 Å². The fourth-order valence-corrected chi connectivity index (χ4v) is 2.04. The number of carbonyl (C=O) groups excluding carboxylic acids is 1. The minimum absolute atomic E-state index is 0.0412. The molecular weight excluding hydrogens is 306 g/mol. The van der Waals surface area contributed by atoms with Crippen LogP contribution in [0.1, 0.15) is 11.4 Å². The van der Waals surface area contributed by atoms with Crippen molar-refractivity contribution in [2.24, 2.45) is 0 Å². The molecule has 0 atom stereocenters. The number of nitrogens with zero attached hydrogens (tertiary/aromatic N) is 4. The Bertz CT molecular complexity index is 909. The minimum Gasteiger partial charge on any atom is -0.383 e. The molecular formula is C16H15N7O. The molecule has 2 heterocycles. The topological polar surface area (TPSA) is 133 Å². The van der Waals surface area contributed by atoms with Gasteiger partial charge in [0.25, 0.3) is 0 Å². The van der Waals surface area contributed by atoms with Crippen LogP contribution in [0.3, 0.4) is 0 Å². The first-order chi connectivity index (χ1) is 11.6. The zero-order valence-corrected chi connectivity index (χ0v) is 12.7. The van der Waals surface area contributed by atoms with Crippen molar-refractivity contribution >= 4 is 34.8 Å². The van der Waals surface area contributed by atoms with E-state index in [1.165, 1.54) is 12.3 Å². The van der Waals surface area contributed by atoms with Gasteiger partial charge in [0.1, 0.15) is 11.6 Å². The highest BCUT2D eigenvalue weighted by atomic mass is 16.1. The van der Waals surface area contributed by atoms with E-state index in [0.29, 0.717) is 16.9 Å². The Labute approximate surface area is 137 Å². The molecule has 8 heteroatoms. The third-order valence-corrected chi connectivity index (χ3v) is 3.20. The molecule has 0 saturated carbocycles. The lowest BCUT2D eigenvalue weighted by atomic mass is 10.2.